The third-order valence-electron chi connectivity index (χ3n) is 5.03. The molecule has 142 valence electrons. The highest BCUT2D eigenvalue weighted by Gasteiger charge is 2.24. The van der Waals surface area contributed by atoms with E-state index in [1.165, 1.54) is 12.8 Å². The van der Waals surface area contributed by atoms with Gasteiger partial charge in [-0.25, -0.2) is 0 Å². The quantitative estimate of drug-likeness (QED) is 0.696. The van der Waals surface area contributed by atoms with Gasteiger partial charge in [0.1, 0.15) is 0 Å². The Bertz CT molecular complexity index is 670. The molecule has 0 aliphatic carbocycles. The number of nitrogens with one attached hydrogen (secondary N) is 2. The van der Waals surface area contributed by atoms with Gasteiger partial charge in [-0.3, -0.25) is 4.79 Å². The van der Waals surface area contributed by atoms with Gasteiger partial charge in [0.25, 0.3) is 0 Å². The molecule has 0 radical (unpaired) electrons. The van der Waals surface area contributed by atoms with E-state index in [2.05, 4.69) is 29.0 Å². The molecular formula is C20H26Cl2N2OS. The van der Waals surface area contributed by atoms with Gasteiger partial charge in [-0.05, 0) is 77.9 Å². The summed E-state index contributed by atoms with van der Waals surface area (Å²) >= 11 is 7.65. The second kappa shape index (κ2) is 10.3. The molecule has 2 aromatic rings. The first kappa shape index (κ1) is 21.2. The van der Waals surface area contributed by atoms with Gasteiger partial charge in [0.2, 0.25) is 5.91 Å². The lowest BCUT2D eigenvalue weighted by molar-refractivity contribution is -0.122. The fourth-order valence-corrected chi connectivity index (χ4v) is 4.31. The highest BCUT2D eigenvalue weighted by molar-refractivity contribution is 7.08. The summed E-state index contributed by atoms with van der Waals surface area (Å²) < 4.78 is 0. The number of amides is 1. The Labute approximate surface area is 170 Å². The lowest BCUT2D eigenvalue weighted by atomic mass is 9.85. The number of hydrogen-bond donors (Lipinski definition) is 2. The highest BCUT2D eigenvalue weighted by Crippen LogP contribution is 2.27. The molecule has 1 fully saturated rings. The van der Waals surface area contributed by atoms with Crippen molar-refractivity contribution in [3.05, 3.63) is 57.2 Å². The van der Waals surface area contributed by atoms with E-state index < -0.39 is 0 Å². The molecule has 26 heavy (non-hydrogen) atoms. The molecule has 1 aliphatic heterocycles. The van der Waals surface area contributed by atoms with E-state index in [0.717, 1.165) is 24.2 Å². The van der Waals surface area contributed by atoms with Gasteiger partial charge in [0, 0.05) is 11.4 Å². The molecule has 0 bridgehead atoms. The van der Waals surface area contributed by atoms with Gasteiger partial charge in [-0.2, -0.15) is 11.3 Å². The average Bonchev–Trinajstić information content (AvgIpc) is 3.15. The number of benzene rings is 1. The number of carbonyl (C=O) groups excluding carboxylic acids is 1. The highest BCUT2D eigenvalue weighted by atomic mass is 35.5. The first-order valence-electron chi connectivity index (χ1n) is 8.91. The van der Waals surface area contributed by atoms with Crippen LogP contribution in [0.4, 0.5) is 0 Å². The number of hydrogen-bond acceptors (Lipinski definition) is 3. The summed E-state index contributed by atoms with van der Waals surface area (Å²) in [6.45, 7) is 4.32. The molecule has 3 rings (SSSR count). The topological polar surface area (TPSA) is 41.1 Å². The van der Waals surface area contributed by atoms with Crippen molar-refractivity contribution in [2.75, 3.05) is 13.1 Å². The van der Waals surface area contributed by atoms with Crippen molar-refractivity contribution in [3.8, 4) is 0 Å². The maximum atomic E-state index is 12.7. The average molecular weight is 413 g/mol. The summed E-state index contributed by atoms with van der Waals surface area (Å²) in [7, 11) is 0. The lowest BCUT2D eigenvalue weighted by Gasteiger charge is -2.28. The molecule has 3 unspecified atom stereocenters. The third kappa shape index (κ3) is 5.71. The summed E-state index contributed by atoms with van der Waals surface area (Å²) in [5.74, 6) is 1.10. The van der Waals surface area contributed by atoms with E-state index in [4.69, 9.17) is 11.6 Å². The van der Waals surface area contributed by atoms with Crippen LogP contribution in [0.3, 0.4) is 0 Å². The van der Waals surface area contributed by atoms with Crippen LogP contribution < -0.4 is 10.6 Å². The molecule has 2 heterocycles. The van der Waals surface area contributed by atoms with Crippen molar-refractivity contribution in [1.29, 1.82) is 0 Å². The van der Waals surface area contributed by atoms with Gasteiger partial charge in [-0.1, -0.05) is 30.7 Å². The predicted octanol–water partition coefficient (Wildman–Crippen LogP) is 5.05. The van der Waals surface area contributed by atoms with Crippen molar-refractivity contribution in [2.45, 2.75) is 32.2 Å². The Hall–Kier alpha value is -1.07. The van der Waals surface area contributed by atoms with Gasteiger partial charge >= 0.3 is 0 Å². The monoisotopic (exact) mass is 412 g/mol. The summed E-state index contributed by atoms with van der Waals surface area (Å²) in [5.41, 5.74) is 2.18. The molecule has 1 aromatic carbocycles. The number of halogens is 2. The zero-order valence-electron chi connectivity index (χ0n) is 14.9. The predicted molar refractivity (Wildman–Crippen MR) is 112 cm³/mol. The van der Waals surface area contributed by atoms with Crippen LogP contribution in [-0.4, -0.2) is 19.0 Å². The Morgan fingerprint density at radius 2 is 2.08 bits per heavy atom. The standard InChI is InChI=1S/C20H25ClN2OS.ClH/c1-14(16-3-2-9-22-12-16)11-19(24)23-20(17-8-10-25-13-17)15-4-6-18(21)7-5-15;/h4-8,10,13-14,16,20,22H,2-3,9,11-12H2,1H3,(H,23,24);1H. The summed E-state index contributed by atoms with van der Waals surface area (Å²) in [6, 6.07) is 9.67. The Morgan fingerprint density at radius 3 is 2.69 bits per heavy atom. The summed E-state index contributed by atoms with van der Waals surface area (Å²) in [4.78, 5) is 12.7. The smallest absolute Gasteiger partial charge is 0.221 e. The van der Waals surface area contributed by atoms with Crippen molar-refractivity contribution < 1.29 is 4.79 Å². The number of rotatable bonds is 6. The second-order valence-corrected chi connectivity index (χ2v) is 8.11. The Morgan fingerprint density at radius 1 is 1.31 bits per heavy atom. The molecular weight excluding hydrogens is 387 g/mol. The van der Waals surface area contributed by atoms with Gasteiger partial charge < -0.3 is 10.6 Å². The molecule has 2 N–H and O–H groups in total. The molecule has 1 saturated heterocycles. The third-order valence-corrected chi connectivity index (χ3v) is 5.99. The van der Waals surface area contributed by atoms with Crippen LogP contribution in [0.25, 0.3) is 0 Å². The summed E-state index contributed by atoms with van der Waals surface area (Å²) in [5, 5.41) is 11.5. The van der Waals surface area contributed by atoms with Gasteiger partial charge in [-0.15, -0.1) is 12.4 Å². The van der Waals surface area contributed by atoms with Crippen molar-refractivity contribution in [3.63, 3.8) is 0 Å². The zero-order valence-corrected chi connectivity index (χ0v) is 17.3. The number of carbonyl (C=O) groups is 1. The largest absolute Gasteiger partial charge is 0.345 e. The Kier molecular flexibility index (Phi) is 8.42. The van der Waals surface area contributed by atoms with Crippen LogP contribution >= 0.6 is 35.3 Å². The van der Waals surface area contributed by atoms with E-state index in [-0.39, 0.29) is 24.4 Å². The van der Waals surface area contributed by atoms with E-state index in [9.17, 15) is 4.79 Å². The van der Waals surface area contributed by atoms with Crippen LogP contribution in [0.1, 0.15) is 43.4 Å². The van der Waals surface area contributed by atoms with Crippen LogP contribution in [0, 0.1) is 11.8 Å². The van der Waals surface area contributed by atoms with E-state index in [0.29, 0.717) is 23.3 Å². The number of thiophene rings is 1. The van der Waals surface area contributed by atoms with E-state index >= 15 is 0 Å². The lowest BCUT2D eigenvalue weighted by Crippen LogP contribution is -2.36. The summed E-state index contributed by atoms with van der Waals surface area (Å²) in [6.07, 6.45) is 2.99. The van der Waals surface area contributed by atoms with Crippen molar-refractivity contribution >= 4 is 41.3 Å². The minimum Gasteiger partial charge on any atom is -0.345 e. The molecule has 3 nitrogen and oxygen atoms in total. The van der Waals surface area contributed by atoms with E-state index in [1.54, 1.807) is 11.3 Å². The molecule has 6 heteroatoms. The number of piperidine rings is 1. The molecule has 1 aliphatic rings. The normalized spacial score (nSPS) is 19.2. The van der Waals surface area contributed by atoms with Crippen LogP contribution in [0.5, 0.6) is 0 Å². The molecule has 1 amide bonds. The van der Waals surface area contributed by atoms with Gasteiger partial charge in [0.15, 0.2) is 0 Å². The second-order valence-electron chi connectivity index (χ2n) is 6.90. The fourth-order valence-electron chi connectivity index (χ4n) is 3.50. The minimum atomic E-state index is -0.118. The minimum absolute atomic E-state index is 0. The van der Waals surface area contributed by atoms with Crippen LogP contribution in [0.15, 0.2) is 41.1 Å². The SMILES string of the molecule is CC(CC(=O)NC(c1ccc(Cl)cc1)c1ccsc1)C1CCCNC1.Cl. The Balaban J connectivity index is 0.00000243. The van der Waals surface area contributed by atoms with Crippen LogP contribution in [0.2, 0.25) is 5.02 Å². The van der Waals surface area contributed by atoms with E-state index in [1.807, 2.05) is 29.6 Å². The van der Waals surface area contributed by atoms with Crippen LogP contribution in [-0.2, 0) is 4.79 Å². The maximum absolute atomic E-state index is 12.7. The first-order valence-corrected chi connectivity index (χ1v) is 10.2. The molecule has 1 aromatic heterocycles. The molecule has 0 spiro atoms. The molecule has 3 atom stereocenters. The van der Waals surface area contributed by atoms with Crippen molar-refractivity contribution in [1.82, 2.24) is 10.6 Å². The van der Waals surface area contributed by atoms with Gasteiger partial charge in [0.05, 0.1) is 6.04 Å². The molecule has 0 saturated carbocycles. The fraction of sp³-hybridized carbons (Fsp3) is 0.450. The maximum Gasteiger partial charge on any atom is 0.221 e. The first-order chi connectivity index (χ1) is 12.1. The zero-order chi connectivity index (χ0) is 17.6. The van der Waals surface area contributed by atoms with Crippen molar-refractivity contribution in [2.24, 2.45) is 11.8 Å².